The standard InChI is InChI=1S/C13H14F3N3O3/c1-13(2,3)22-12(20)8-6-4-5-7(17-11(6)19-18-8)21-10(16)9(14)15/h4-5,9-10H,1-3H3,(H,17,18,19). The average molecular weight is 317 g/mol. The number of nitrogens with zero attached hydrogens (tertiary/aromatic N) is 2. The molecule has 1 unspecified atom stereocenters. The molecule has 2 rings (SSSR count). The molecule has 22 heavy (non-hydrogen) atoms. The summed E-state index contributed by atoms with van der Waals surface area (Å²) in [5.41, 5.74) is -0.599. The average Bonchev–Trinajstić information content (AvgIpc) is 2.79. The Morgan fingerprint density at radius 2 is 1.95 bits per heavy atom. The van der Waals surface area contributed by atoms with Crippen LogP contribution in [-0.4, -0.2) is 39.5 Å². The van der Waals surface area contributed by atoms with Gasteiger partial charge in [0.15, 0.2) is 11.3 Å². The Morgan fingerprint density at radius 1 is 1.27 bits per heavy atom. The first-order valence-corrected chi connectivity index (χ1v) is 6.35. The van der Waals surface area contributed by atoms with Crippen molar-refractivity contribution in [1.29, 1.82) is 0 Å². The second-order valence-electron chi connectivity index (χ2n) is 5.42. The third kappa shape index (κ3) is 3.66. The predicted molar refractivity (Wildman–Crippen MR) is 70.6 cm³/mol. The summed E-state index contributed by atoms with van der Waals surface area (Å²) in [7, 11) is 0. The van der Waals surface area contributed by atoms with Crippen LogP contribution < -0.4 is 4.74 Å². The highest BCUT2D eigenvalue weighted by atomic mass is 19.3. The van der Waals surface area contributed by atoms with Gasteiger partial charge in [0.25, 0.3) is 6.36 Å². The van der Waals surface area contributed by atoms with Crippen molar-refractivity contribution < 1.29 is 27.4 Å². The molecule has 0 radical (unpaired) electrons. The van der Waals surface area contributed by atoms with Crippen LogP contribution in [0.1, 0.15) is 31.3 Å². The van der Waals surface area contributed by atoms with Gasteiger partial charge in [0, 0.05) is 6.07 Å². The minimum absolute atomic E-state index is 0.0276. The van der Waals surface area contributed by atoms with E-state index in [1.165, 1.54) is 12.1 Å². The van der Waals surface area contributed by atoms with Crippen LogP contribution in [0.5, 0.6) is 5.88 Å². The highest BCUT2D eigenvalue weighted by Crippen LogP contribution is 2.22. The highest BCUT2D eigenvalue weighted by molar-refractivity contribution is 6.01. The first kappa shape index (κ1) is 16.1. The second-order valence-corrected chi connectivity index (χ2v) is 5.42. The van der Waals surface area contributed by atoms with E-state index in [-0.39, 0.29) is 17.2 Å². The van der Waals surface area contributed by atoms with Gasteiger partial charge in [-0.3, -0.25) is 5.10 Å². The maximum atomic E-state index is 12.8. The van der Waals surface area contributed by atoms with Crippen molar-refractivity contribution in [2.24, 2.45) is 0 Å². The van der Waals surface area contributed by atoms with Gasteiger partial charge in [0.05, 0.1) is 5.39 Å². The number of alkyl halides is 3. The number of pyridine rings is 1. The number of aromatic amines is 1. The molecule has 2 heterocycles. The van der Waals surface area contributed by atoms with E-state index in [0.717, 1.165) is 0 Å². The lowest BCUT2D eigenvalue weighted by Gasteiger charge is -2.18. The van der Waals surface area contributed by atoms with E-state index in [2.05, 4.69) is 19.9 Å². The van der Waals surface area contributed by atoms with E-state index in [9.17, 15) is 18.0 Å². The molecule has 1 N–H and O–H groups in total. The molecule has 6 nitrogen and oxygen atoms in total. The number of carbonyl (C=O) groups excluding carboxylic acids is 1. The SMILES string of the molecule is CC(C)(C)OC(=O)c1[nH]nc2nc(OC(F)C(F)F)ccc12. The number of carbonyl (C=O) groups is 1. The van der Waals surface area contributed by atoms with E-state index in [0.29, 0.717) is 5.39 Å². The summed E-state index contributed by atoms with van der Waals surface area (Å²) in [5, 5.41) is 6.52. The normalized spacial score (nSPS) is 13.4. The monoisotopic (exact) mass is 317 g/mol. The van der Waals surface area contributed by atoms with Crippen LogP contribution in [0.15, 0.2) is 12.1 Å². The molecule has 0 saturated heterocycles. The molecule has 2 aromatic heterocycles. The van der Waals surface area contributed by atoms with Crippen LogP contribution in [0.25, 0.3) is 11.0 Å². The lowest BCUT2D eigenvalue weighted by molar-refractivity contribution is -0.0689. The van der Waals surface area contributed by atoms with Gasteiger partial charge < -0.3 is 9.47 Å². The fourth-order valence-electron chi connectivity index (χ4n) is 1.60. The summed E-state index contributed by atoms with van der Waals surface area (Å²) in [6.07, 6.45) is -6.07. The van der Waals surface area contributed by atoms with Crippen molar-refractivity contribution in [2.75, 3.05) is 0 Å². The zero-order valence-electron chi connectivity index (χ0n) is 12.1. The molecule has 0 spiro atoms. The summed E-state index contributed by atoms with van der Waals surface area (Å²) in [5.74, 6) is -0.996. The minimum atomic E-state index is -3.28. The van der Waals surface area contributed by atoms with Gasteiger partial charge in [-0.1, -0.05) is 0 Å². The smallest absolute Gasteiger partial charge is 0.357 e. The molecule has 120 valence electrons. The van der Waals surface area contributed by atoms with Crippen LogP contribution in [0.3, 0.4) is 0 Å². The number of fused-ring (bicyclic) bond motifs is 1. The molecule has 9 heteroatoms. The Kier molecular flexibility index (Phi) is 4.25. The van der Waals surface area contributed by atoms with Crippen molar-refractivity contribution in [3.8, 4) is 5.88 Å². The van der Waals surface area contributed by atoms with Gasteiger partial charge in [0.2, 0.25) is 5.88 Å². The molecule has 0 aliphatic rings. The van der Waals surface area contributed by atoms with Crippen LogP contribution in [-0.2, 0) is 4.74 Å². The largest absolute Gasteiger partial charge is 0.455 e. The third-order valence-electron chi connectivity index (χ3n) is 2.43. The van der Waals surface area contributed by atoms with Crippen LogP contribution >= 0.6 is 0 Å². The third-order valence-corrected chi connectivity index (χ3v) is 2.43. The zero-order valence-corrected chi connectivity index (χ0v) is 12.1. The molecule has 2 aromatic rings. The van der Waals surface area contributed by atoms with Crippen molar-refractivity contribution in [3.63, 3.8) is 0 Å². The Morgan fingerprint density at radius 3 is 2.55 bits per heavy atom. The van der Waals surface area contributed by atoms with E-state index in [4.69, 9.17) is 4.74 Å². The highest BCUT2D eigenvalue weighted by Gasteiger charge is 2.24. The maximum Gasteiger partial charge on any atom is 0.357 e. The number of hydrogen-bond acceptors (Lipinski definition) is 5. The molecule has 1 atom stereocenters. The number of ether oxygens (including phenoxy) is 2. The number of aromatic nitrogens is 3. The Hall–Kier alpha value is -2.32. The topological polar surface area (TPSA) is 77.1 Å². The molecule has 0 aliphatic heterocycles. The van der Waals surface area contributed by atoms with Crippen molar-refractivity contribution in [2.45, 2.75) is 39.2 Å². The summed E-state index contributed by atoms with van der Waals surface area (Å²) in [4.78, 5) is 15.7. The van der Waals surface area contributed by atoms with Crippen molar-refractivity contribution in [3.05, 3.63) is 17.8 Å². The quantitative estimate of drug-likeness (QED) is 0.877. The number of esters is 1. The zero-order chi connectivity index (χ0) is 16.5. The van der Waals surface area contributed by atoms with Crippen molar-refractivity contribution in [1.82, 2.24) is 15.2 Å². The summed E-state index contributed by atoms with van der Waals surface area (Å²) in [6, 6.07) is 2.53. The first-order valence-electron chi connectivity index (χ1n) is 6.35. The van der Waals surface area contributed by atoms with Gasteiger partial charge in [-0.15, -0.1) is 0 Å². The van der Waals surface area contributed by atoms with Gasteiger partial charge >= 0.3 is 12.4 Å². The van der Waals surface area contributed by atoms with Gasteiger partial charge in [0.1, 0.15) is 5.60 Å². The van der Waals surface area contributed by atoms with Crippen LogP contribution in [0, 0.1) is 0 Å². The van der Waals surface area contributed by atoms with Crippen LogP contribution in [0.4, 0.5) is 13.2 Å². The number of rotatable bonds is 4. The molecule has 0 saturated carbocycles. The molecule has 0 aliphatic carbocycles. The molecular formula is C13H14F3N3O3. The van der Waals surface area contributed by atoms with Gasteiger partial charge in [-0.05, 0) is 26.8 Å². The summed E-state index contributed by atoms with van der Waals surface area (Å²) >= 11 is 0. The fourth-order valence-corrected chi connectivity index (χ4v) is 1.60. The fraction of sp³-hybridized carbons (Fsp3) is 0.462. The Balaban J connectivity index is 2.25. The molecular weight excluding hydrogens is 303 g/mol. The summed E-state index contributed by atoms with van der Waals surface area (Å²) in [6.45, 7) is 5.12. The van der Waals surface area contributed by atoms with E-state index >= 15 is 0 Å². The number of hydrogen-bond donors (Lipinski definition) is 1. The Bertz CT molecular complexity index is 682. The van der Waals surface area contributed by atoms with E-state index in [1.54, 1.807) is 20.8 Å². The maximum absolute atomic E-state index is 12.8. The molecule has 0 amide bonds. The van der Waals surface area contributed by atoms with Gasteiger partial charge in [-0.25, -0.2) is 13.6 Å². The lowest BCUT2D eigenvalue weighted by Crippen LogP contribution is -2.24. The van der Waals surface area contributed by atoms with Gasteiger partial charge in [-0.2, -0.15) is 14.5 Å². The predicted octanol–water partition coefficient (Wildman–Crippen LogP) is 2.85. The minimum Gasteiger partial charge on any atom is -0.455 e. The second kappa shape index (κ2) is 5.82. The summed E-state index contributed by atoms with van der Waals surface area (Å²) < 4.78 is 46.5. The molecule has 0 bridgehead atoms. The van der Waals surface area contributed by atoms with E-state index in [1.807, 2.05) is 0 Å². The number of nitrogens with one attached hydrogen (secondary N) is 1. The lowest BCUT2D eigenvalue weighted by atomic mass is 10.2. The van der Waals surface area contributed by atoms with E-state index < -0.39 is 24.4 Å². The Labute approximate surface area is 123 Å². The molecule has 0 aromatic carbocycles. The molecule has 0 fully saturated rings. The number of H-pyrrole nitrogens is 1. The van der Waals surface area contributed by atoms with Crippen LogP contribution in [0.2, 0.25) is 0 Å². The number of halogens is 3. The van der Waals surface area contributed by atoms with Crippen molar-refractivity contribution >= 4 is 17.0 Å². The first-order chi connectivity index (χ1) is 10.2.